The molecule has 6 rings (SSSR count). The molecule has 12 atom stereocenters. The van der Waals surface area contributed by atoms with Gasteiger partial charge in [-0.1, -0.05) is 32.4 Å². The minimum Gasteiger partial charge on any atom is -0.396 e. The van der Waals surface area contributed by atoms with E-state index >= 15 is 0 Å². The topological polar surface area (TPSA) is 82.0 Å². The van der Waals surface area contributed by atoms with Gasteiger partial charge in [0.15, 0.2) is 0 Å². The molecule has 6 aliphatic rings. The standard InChI is InChI=1S/C27H43NO4/c1-15-24-22(32-27(15)9-6-16(14-29)13-28-27)11-21-19-5-4-17-10-18(30)7-8-25(17,2)20(19)12-23(31)26(21,24)3/h4,15-16,18-24,28-31H,5-14H2,1-3H3. The predicted molar refractivity (Wildman–Crippen MR) is 123 cm³/mol. The molecule has 180 valence electrons. The SMILES string of the molecule is CC1C2C(CC3C4CC=C5CC(O)CCC5(C)C4CC(O)C32C)OC12CCC(CO)CN2. The molecule has 5 fully saturated rings. The summed E-state index contributed by atoms with van der Waals surface area (Å²) in [4.78, 5) is 0. The Hall–Kier alpha value is -0.460. The van der Waals surface area contributed by atoms with Crippen LogP contribution in [0.4, 0.5) is 0 Å². The van der Waals surface area contributed by atoms with Crippen molar-refractivity contribution in [2.45, 2.75) is 96.2 Å². The highest BCUT2D eigenvalue weighted by Gasteiger charge is 2.70. The Balaban J connectivity index is 1.29. The summed E-state index contributed by atoms with van der Waals surface area (Å²) in [7, 11) is 0. The lowest BCUT2D eigenvalue weighted by Crippen LogP contribution is -2.60. The number of allylic oxidation sites excluding steroid dienone is 1. The van der Waals surface area contributed by atoms with E-state index in [-0.39, 0.29) is 41.5 Å². The molecule has 0 aromatic carbocycles. The molecule has 5 heteroatoms. The highest BCUT2D eigenvalue weighted by Crippen LogP contribution is 2.70. The second-order valence-electron chi connectivity index (χ2n) is 12.8. The van der Waals surface area contributed by atoms with Gasteiger partial charge < -0.3 is 20.1 Å². The van der Waals surface area contributed by atoms with E-state index < -0.39 is 0 Å². The van der Waals surface area contributed by atoms with E-state index in [2.05, 4.69) is 32.2 Å². The molecule has 4 N–H and O–H groups in total. The smallest absolute Gasteiger partial charge is 0.122 e. The first-order chi connectivity index (χ1) is 15.2. The number of piperidine rings is 1. The summed E-state index contributed by atoms with van der Waals surface area (Å²) >= 11 is 0. The van der Waals surface area contributed by atoms with E-state index in [4.69, 9.17) is 4.74 Å². The first-order valence-electron chi connectivity index (χ1n) is 13.3. The molecular weight excluding hydrogens is 402 g/mol. The van der Waals surface area contributed by atoms with Crippen molar-refractivity contribution < 1.29 is 20.1 Å². The summed E-state index contributed by atoms with van der Waals surface area (Å²) < 4.78 is 6.90. The fourth-order valence-corrected chi connectivity index (χ4v) is 9.87. The van der Waals surface area contributed by atoms with Gasteiger partial charge in [-0.3, -0.25) is 5.32 Å². The Bertz CT molecular complexity index is 791. The fourth-order valence-electron chi connectivity index (χ4n) is 9.87. The Morgan fingerprint density at radius 3 is 2.66 bits per heavy atom. The molecule has 0 bridgehead atoms. The molecule has 4 aliphatic carbocycles. The second-order valence-corrected chi connectivity index (χ2v) is 12.8. The van der Waals surface area contributed by atoms with Crippen LogP contribution in [-0.2, 0) is 4.74 Å². The monoisotopic (exact) mass is 445 g/mol. The van der Waals surface area contributed by atoms with Gasteiger partial charge in [-0.2, -0.15) is 0 Å². The molecule has 1 spiro atoms. The van der Waals surface area contributed by atoms with E-state index in [0.29, 0.717) is 35.5 Å². The van der Waals surface area contributed by atoms with Gasteiger partial charge in [0, 0.05) is 24.5 Å². The van der Waals surface area contributed by atoms with Crippen molar-refractivity contribution in [3.05, 3.63) is 11.6 Å². The summed E-state index contributed by atoms with van der Waals surface area (Å²) in [6.07, 6.45) is 10.0. The predicted octanol–water partition coefficient (Wildman–Crippen LogP) is 3.23. The summed E-state index contributed by atoms with van der Waals surface area (Å²) in [6, 6.07) is 0. The Kier molecular flexibility index (Phi) is 5.01. The average molecular weight is 446 g/mol. The first-order valence-corrected chi connectivity index (χ1v) is 13.3. The average Bonchev–Trinajstić information content (AvgIpc) is 3.22. The maximum Gasteiger partial charge on any atom is 0.122 e. The largest absolute Gasteiger partial charge is 0.396 e. The third-order valence-electron chi connectivity index (χ3n) is 11.8. The molecule has 3 saturated carbocycles. The molecule has 0 aromatic heterocycles. The lowest BCUT2D eigenvalue weighted by atomic mass is 9.46. The summed E-state index contributed by atoms with van der Waals surface area (Å²) in [6.45, 7) is 8.23. The minimum absolute atomic E-state index is 0.0971. The fraction of sp³-hybridized carbons (Fsp3) is 0.926. The van der Waals surface area contributed by atoms with Crippen molar-refractivity contribution in [3.63, 3.8) is 0 Å². The van der Waals surface area contributed by atoms with Crippen LogP contribution in [0.1, 0.15) is 72.1 Å². The lowest BCUT2D eigenvalue weighted by Gasteiger charge is -2.60. The Labute approximate surface area is 193 Å². The molecule has 2 aliphatic heterocycles. The van der Waals surface area contributed by atoms with Crippen LogP contribution < -0.4 is 5.32 Å². The Morgan fingerprint density at radius 2 is 1.94 bits per heavy atom. The summed E-state index contributed by atoms with van der Waals surface area (Å²) in [5.41, 5.74) is 1.22. The van der Waals surface area contributed by atoms with Crippen molar-refractivity contribution in [1.29, 1.82) is 0 Å². The number of ether oxygens (including phenoxy) is 1. The third kappa shape index (κ3) is 2.75. The van der Waals surface area contributed by atoms with Crippen molar-refractivity contribution in [2.24, 2.45) is 46.3 Å². The number of hydrogen-bond acceptors (Lipinski definition) is 5. The number of fused-ring (bicyclic) bond motifs is 7. The summed E-state index contributed by atoms with van der Waals surface area (Å²) in [5.74, 6) is 2.71. The van der Waals surface area contributed by atoms with E-state index in [1.807, 2.05) is 0 Å². The molecule has 2 heterocycles. The second kappa shape index (κ2) is 7.27. The molecule has 2 saturated heterocycles. The maximum atomic E-state index is 11.8. The van der Waals surface area contributed by atoms with Gasteiger partial charge in [0.2, 0.25) is 0 Å². The van der Waals surface area contributed by atoms with Crippen molar-refractivity contribution in [1.82, 2.24) is 5.32 Å². The number of aliphatic hydroxyl groups excluding tert-OH is 3. The van der Waals surface area contributed by atoms with Crippen molar-refractivity contribution in [3.8, 4) is 0 Å². The molecule has 12 unspecified atom stereocenters. The zero-order chi connectivity index (χ0) is 22.5. The van der Waals surface area contributed by atoms with Crippen LogP contribution in [0.25, 0.3) is 0 Å². The van der Waals surface area contributed by atoms with Gasteiger partial charge in [-0.15, -0.1) is 0 Å². The quantitative estimate of drug-likeness (QED) is 0.466. The van der Waals surface area contributed by atoms with Crippen LogP contribution in [-0.4, -0.2) is 52.5 Å². The van der Waals surface area contributed by atoms with Crippen LogP contribution in [0.2, 0.25) is 0 Å². The highest BCUT2D eigenvalue weighted by molar-refractivity contribution is 5.27. The van der Waals surface area contributed by atoms with Gasteiger partial charge in [0.25, 0.3) is 0 Å². The first kappa shape index (κ1) is 22.0. The molecule has 5 nitrogen and oxygen atoms in total. The molecular formula is C27H43NO4. The summed E-state index contributed by atoms with van der Waals surface area (Å²) in [5, 5.41) is 35.3. The number of hydrogen-bond donors (Lipinski definition) is 4. The third-order valence-corrected chi connectivity index (χ3v) is 11.8. The molecule has 0 amide bonds. The van der Waals surface area contributed by atoms with Gasteiger partial charge >= 0.3 is 0 Å². The van der Waals surface area contributed by atoms with Gasteiger partial charge in [-0.05, 0) is 86.4 Å². The van der Waals surface area contributed by atoms with Crippen molar-refractivity contribution >= 4 is 0 Å². The van der Waals surface area contributed by atoms with Crippen LogP contribution >= 0.6 is 0 Å². The van der Waals surface area contributed by atoms with E-state index in [1.165, 1.54) is 5.57 Å². The lowest BCUT2D eigenvalue weighted by molar-refractivity contribution is -0.147. The van der Waals surface area contributed by atoms with Crippen LogP contribution in [0.3, 0.4) is 0 Å². The number of rotatable bonds is 1. The van der Waals surface area contributed by atoms with E-state index in [9.17, 15) is 15.3 Å². The molecule has 0 aromatic rings. The number of nitrogens with one attached hydrogen (secondary N) is 1. The molecule has 32 heavy (non-hydrogen) atoms. The van der Waals surface area contributed by atoms with Crippen LogP contribution in [0.5, 0.6) is 0 Å². The van der Waals surface area contributed by atoms with Gasteiger partial charge in [-0.25, -0.2) is 0 Å². The highest BCUT2D eigenvalue weighted by atomic mass is 16.5. The zero-order valence-corrected chi connectivity index (χ0v) is 20.1. The number of aliphatic hydroxyl groups is 3. The maximum absolute atomic E-state index is 11.8. The van der Waals surface area contributed by atoms with Crippen molar-refractivity contribution in [2.75, 3.05) is 13.2 Å². The van der Waals surface area contributed by atoms with Gasteiger partial charge in [0.1, 0.15) is 5.72 Å². The van der Waals surface area contributed by atoms with E-state index in [1.54, 1.807) is 0 Å². The van der Waals surface area contributed by atoms with E-state index in [0.717, 1.165) is 57.9 Å². The molecule has 0 radical (unpaired) electrons. The van der Waals surface area contributed by atoms with Crippen LogP contribution in [0, 0.1) is 46.3 Å². The van der Waals surface area contributed by atoms with Crippen LogP contribution in [0.15, 0.2) is 11.6 Å². The normalized spacial score (nSPS) is 59.2. The zero-order valence-electron chi connectivity index (χ0n) is 20.1. The van der Waals surface area contributed by atoms with Gasteiger partial charge in [0.05, 0.1) is 18.3 Å². The Morgan fingerprint density at radius 1 is 1.12 bits per heavy atom. The minimum atomic E-state index is -0.290.